The second-order valence-electron chi connectivity index (χ2n) is 3.20. The molecule has 1 aromatic rings. The van der Waals surface area contributed by atoms with Crippen molar-refractivity contribution in [2.24, 2.45) is 0 Å². The number of esters is 1. The lowest BCUT2D eigenvalue weighted by atomic mass is 10.2. The van der Waals surface area contributed by atoms with Crippen LogP contribution >= 0.6 is 0 Å². The average molecular weight is 243 g/mol. The molecule has 0 atom stereocenters. The van der Waals surface area contributed by atoms with Gasteiger partial charge in [0.05, 0.1) is 25.4 Å². The minimum atomic E-state index is -0.630. The van der Waals surface area contributed by atoms with Crippen molar-refractivity contribution in [3.63, 3.8) is 0 Å². The summed E-state index contributed by atoms with van der Waals surface area (Å²) in [4.78, 5) is 11.5. The van der Waals surface area contributed by atoms with Crippen LogP contribution in [-0.4, -0.2) is 37.5 Å². The molecule has 0 aromatic heterocycles. The molecule has 0 aliphatic rings. The lowest BCUT2D eigenvalue weighted by Gasteiger charge is -2.07. The van der Waals surface area contributed by atoms with Gasteiger partial charge >= 0.3 is 5.97 Å². The van der Waals surface area contributed by atoms with Crippen LogP contribution in [-0.2, 0) is 9.47 Å². The summed E-state index contributed by atoms with van der Waals surface area (Å²) in [7, 11) is 0. The first-order valence-corrected chi connectivity index (χ1v) is 5.06. The molecule has 0 bridgehead atoms. The first-order valence-electron chi connectivity index (χ1n) is 5.06. The Labute approximate surface area is 97.9 Å². The molecular weight excluding hydrogens is 229 g/mol. The molecule has 0 spiro atoms. The second-order valence-corrected chi connectivity index (χ2v) is 3.20. The van der Waals surface area contributed by atoms with Crippen molar-refractivity contribution in [2.45, 2.75) is 0 Å². The number of carbonyl (C=O) groups excluding carboxylic acids is 1. The molecule has 94 valence electrons. The predicted octanol–water partition coefficient (Wildman–Crippen LogP) is 0.574. The molecule has 0 amide bonds. The number of carbonyl (C=O) groups is 1. The van der Waals surface area contributed by atoms with Crippen molar-refractivity contribution in [3.8, 4) is 0 Å². The Morgan fingerprint density at radius 1 is 1.35 bits per heavy atom. The number of ether oxygens (including phenoxy) is 2. The quantitative estimate of drug-likeness (QED) is 0.434. The molecule has 0 unspecified atom stereocenters. The Morgan fingerprint density at radius 3 is 2.76 bits per heavy atom. The van der Waals surface area contributed by atoms with Gasteiger partial charge in [0.25, 0.3) is 0 Å². The number of benzene rings is 1. The Morgan fingerprint density at radius 2 is 2.12 bits per heavy atom. The summed E-state index contributed by atoms with van der Waals surface area (Å²) in [6, 6.07) is 3.45. The summed E-state index contributed by atoms with van der Waals surface area (Å²) in [6.45, 7) is 0.345. The third-order valence-electron chi connectivity index (χ3n) is 1.93. The summed E-state index contributed by atoms with van der Waals surface area (Å²) >= 11 is 0. The molecule has 3 N–H and O–H groups in total. The van der Waals surface area contributed by atoms with E-state index in [0.29, 0.717) is 0 Å². The first-order chi connectivity index (χ1) is 8.15. The van der Waals surface area contributed by atoms with E-state index in [1.165, 1.54) is 6.07 Å². The molecule has 5 nitrogen and oxygen atoms in total. The number of hydrogen-bond donors (Lipinski definition) is 2. The standard InChI is InChI=1S/C11H14FNO4/c12-8-1-2-9(10(13)7-8)11(15)17-6-5-16-4-3-14/h1-2,7,14H,3-6,13H2. The molecular formula is C11H14FNO4. The van der Waals surface area contributed by atoms with Crippen LogP contribution < -0.4 is 5.73 Å². The summed E-state index contributed by atoms with van der Waals surface area (Å²) < 4.78 is 22.5. The number of aliphatic hydroxyl groups excluding tert-OH is 1. The van der Waals surface area contributed by atoms with Gasteiger partial charge in [-0.05, 0) is 18.2 Å². The maximum Gasteiger partial charge on any atom is 0.340 e. The molecule has 0 aliphatic heterocycles. The Balaban J connectivity index is 2.42. The van der Waals surface area contributed by atoms with Gasteiger partial charge in [0.1, 0.15) is 12.4 Å². The van der Waals surface area contributed by atoms with Crippen LogP contribution in [0.4, 0.5) is 10.1 Å². The van der Waals surface area contributed by atoms with E-state index in [1.54, 1.807) is 0 Å². The number of aliphatic hydroxyl groups is 1. The van der Waals surface area contributed by atoms with Crippen molar-refractivity contribution >= 4 is 11.7 Å². The van der Waals surface area contributed by atoms with Crippen LogP contribution in [0.1, 0.15) is 10.4 Å². The molecule has 17 heavy (non-hydrogen) atoms. The number of nitrogens with two attached hydrogens (primary N) is 1. The SMILES string of the molecule is Nc1cc(F)ccc1C(=O)OCCOCCO. The highest BCUT2D eigenvalue weighted by atomic mass is 19.1. The van der Waals surface area contributed by atoms with Gasteiger partial charge in [0, 0.05) is 5.69 Å². The van der Waals surface area contributed by atoms with Crippen molar-refractivity contribution in [1.29, 1.82) is 0 Å². The van der Waals surface area contributed by atoms with Crippen LogP contribution in [0.2, 0.25) is 0 Å². The smallest absolute Gasteiger partial charge is 0.340 e. The van der Waals surface area contributed by atoms with Gasteiger partial charge in [0.15, 0.2) is 0 Å². The van der Waals surface area contributed by atoms with Gasteiger partial charge in [-0.2, -0.15) is 0 Å². The zero-order valence-electron chi connectivity index (χ0n) is 9.19. The molecule has 0 heterocycles. The number of hydrogen-bond acceptors (Lipinski definition) is 5. The number of nitrogen functional groups attached to an aromatic ring is 1. The normalized spacial score (nSPS) is 10.2. The molecule has 1 aromatic carbocycles. The van der Waals surface area contributed by atoms with Gasteiger partial charge in [-0.1, -0.05) is 0 Å². The van der Waals surface area contributed by atoms with E-state index in [1.807, 2.05) is 0 Å². The fourth-order valence-electron chi connectivity index (χ4n) is 1.16. The molecule has 6 heteroatoms. The molecule has 1 rings (SSSR count). The molecule has 0 saturated heterocycles. The van der Waals surface area contributed by atoms with Crippen molar-refractivity contribution < 1.29 is 23.8 Å². The third-order valence-corrected chi connectivity index (χ3v) is 1.93. The summed E-state index contributed by atoms with van der Waals surface area (Å²) in [5, 5.41) is 8.43. The van der Waals surface area contributed by atoms with Gasteiger partial charge in [0.2, 0.25) is 0 Å². The first kappa shape index (κ1) is 13.4. The van der Waals surface area contributed by atoms with Gasteiger partial charge in [-0.3, -0.25) is 0 Å². The van der Waals surface area contributed by atoms with Crippen LogP contribution in [0.5, 0.6) is 0 Å². The zero-order chi connectivity index (χ0) is 12.7. The topological polar surface area (TPSA) is 81.8 Å². The van der Waals surface area contributed by atoms with Crippen molar-refractivity contribution in [1.82, 2.24) is 0 Å². The van der Waals surface area contributed by atoms with E-state index in [0.717, 1.165) is 12.1 Å². The highest BCUT2D eigenvalue weighted by molar-refractivity contribution is 5.94. The molecule has 0 fully saturated rings. The van der Waals surface area contributed by atoms with Crippen LogP contribution in [0.15, 0.2) is 18.2 Å². The Hall–Kier alpha value is -1.66. The second kappa shape index (κ2) is 6.82. The lowest BCUT2D eigenvalue weighted by Crippen LogP contribution is -2.13. The monoisotopic (exact) mass is 243 g/mol. The van der Waals surface area contributed by atoms with Crippen molar-refractivity contribution in [2.75, 3.05) is 32.2 Å². The minimum absolute atomic E-state index is 0.0336. The Kier molecular flexibility index (Phi) is 5.38. The van der Waals surface area contributed by atoms with E-state index >= 15 is 0 Å². The molecule has 0 saturated carbocycles. The van der Waals surface area contributed by atoms with Gasteiger partial charge in [-0.25, -0.2) is 9.18 Å². The van der Waals surface area contributed by atoms with E-state index in [9.17, 15) is 9.18 Å². The van der Waals surface area contributed by atoms with Crippen molar-refractivity contribution in [3.05, 3.63) is 29.6 Å². The predicted molar refractivity (Wildman–Crippen MR) is 59.0 cm³/mol. The number of anilines is 1. The Bertz CT molecular complexity index is 384. The third kappa shape index (κ3) is 4.38. The summed E-state index contributed by atoms with van der Waals surface area (Å²) in [5.74, 6) is -1.14. The zero-order valence-corrected chi connectivity index (χ0v) is 9.19. The summed E-state index contributed by atoms with van der Waals surface area (Å²) in [6.07, 6.45) is 0. The highest BCUT2D eigenvalue weighted by Gasteiger charge is 2.11. The van der Waals surface area contributed by atoms with E-state index in [4.69, 9.17) is 20.3 Å². The fraction of sp³-hybridized carbons (Fsp3) is 0.364. The van der Waals surface area contributed by atoms with Crippen LogP contribution in [0, 0.1) is 5.82 Å². The van der Waals surface area contributed by atoms with E-state index < -0.39 is 11.8 Å². The highest BCUT2D eigenvalue weighted by Crippen LogP contribution is 2.14. The minimum Gasteiger partial charge on any atom is -0.460 e. The largest absolute Gasteiger partial charge is 0.460 e. The average Bonchev–Trinajstić information content (AvgIpc) is 2.28. The number of rotatable bonds is 6. The van der Waals surface area contributed by atoms with Gasteiger partial charge < -0.3 is 20.3 Å². The number of halogens is 1. The summed E-state index contributed by atoms with van der Waals surface area (Å²) in [5.41, 5.74) is 5.62. The lowest BCUT2D eigenvalue weighted by molar-refractivity contribution is 0.0259. The van der Waals surface area contributed by atoms with Crippen LogP contribution in [0.3, 0.4) is 0 Å². The van der Waals surface area contributed by atoms with E-state index in [2.05, 4.69) is 0 Å². The fourth-order valence-corrected chi connectivity index (χ4v) is 1.16. The maximum absolute atomic E-state index is 12.7. The van der Waals surface area contributed by atoms with Crippen LogP contribution in [0.25, 0.3) is 0 Å². The maximum atomic E-state index is 12.7. The molecule has 0 radical (unpaired) electrons. The van der Waals surface area contributed by atoms with Gasteiger partial charge in [-0.15, -0.1) is 0 Å². The van der Waals surface area contributed by atoms with E-state index in [-0.39, 0.29) is 37.7 Å². The molecule has 0 aliphatic carbocycles.